The summed E-state index contributed by atoms with van der Waals surface area (Å²) < 4.78 is 5.79. The predicted molar refractivity (Wildman–Crippen MR) is 116 cm³/mol. The van der Waals surface area contributed by atoms with Crippen LogP contribution in [0.15, 0.2) is 18.2 Å². The Hall–Kier alpha value is -1.63. The fraction of sp³-hybridized carbons (Fsp3) is 0.696. The molecule has 0 spiro atoms. The molecule has 3 N–H and O–H groups in total. The molecule has 2 aliphatic rings. The molecule has 0 aliphatic carbocycles. The molecule has 6 nitrogen and oxygen atoms in total. The van der Waals surface area contributed by atoms with E-state index in [9.17, 15) is 15.0 Å². The van der Waals surface area contributed by atoms with Gasteiger partial charge in [0.1, 0.15) is 5.75 Å². The van der Waals surface area contributed by atoms with Crippen LogP contribution in [0.3, 0.4) is 0 Å². The number of piperidine rings is 1. The predicted octanol–water partition coefficient (Wildman–Crippen LogP) is 3.70. The number of hydrogen-bond donors (Lipinski definition) is 3. The molecular weight excluding hydrogens is 368 g/mol. The lowest BCUT2D eigenvalue weighted by molar-refractivity contribution is -0.123. The topological polar surface area (TPSA) is 82.0 Å². The summed E-state index contributed by atoms with van der Waals surface area (Å²) in [5.41, 5.74) is 1.77. The molecule has 1 amide bonds. The van der Waals surface area contributed by atoms with Crippen LogP contribution in [-0.4, -0.2) is 52.4 Å². The van der Waals surface area contributed by atoms with E-state index in [4.69, 9.17) is 4.74 Å². The quantitative estimate of drug-likeness (QED) is 0.643. The van der Waals surface area contributed by atoms with Gasteiger partial charge in [0, 0.05) is 19.1 Å². The molecule has 0 saturated carbocycles. The number of amides is 1. The Balaban J connectivity index is 0.000000537. The van der Waals surface area contributed by atoms with Gasteiger partial charge in [0.2, 0.25) is 0 Å². The standard InChI is InChI=1S/C18H26N2O4.C5H12/c1-2-3-17-18(23)19-15-8-12(4-5-16(15)24-17)10-20-7-6-14(22)9-13(20)11-21;1-3-5-4-2/h4-5,8,13-14,17,21-22H,2-3,6-7,9-11H2,1H3,(H,19,23);3-5H2,1-2H3/t13-,14?,17?;/m1./s1. The first-order valence-electron chi connectivity index (χ1n) is 11.2. The molecule has 6 heteroatoms. The molecule has 1 fully saturated rings. The Bertz CT molecular complexity index is 635. The molecule has 2 aliphatic heterocycles. The van der Waals surface area contributed by atoms with Crippen LogP contribution >= 0.6 is 0 Å². The Morgan fingerprint density at radius 2 is 1.97 bits per heavy atom. The van der Waals surface area contributed by atoms with Gasteiger partial charge in [-0.1, -0.05) is 52.5 Å². The molecular formula is C23H38N2O4. The highest BCUT2D eigenvalue weighted by molar-refractivity contribution is 5.97. The second-order valence-corrected chi connectivity index (χ2v) is 8.05. The third-order valence-corrected chi connectivity index (χ3v) is 5.53. The van der Waals surface area contributed by atoms with Crippen LogP contribution in [0.25, 0.3) is 0 Å². The van der Waals surface area contributed by atoms with E-state index in [-0.39, 0.29) is 24.7 Å². The van der Waals surface area contributed by atoms with Gasteiger partial charge in [-0.25, -0.2) is 0 Å². The summed E-state index contributed by atoms with van der Waals surface area (Å²) in [6, 6.07) is 5.82. The van der Waals surface area contributed by atoms with E-state index in [2.05, 4.69) is 24.1 Å². The summed E-state index contributed by atoms with van der Waals surface area (Å²) in [7, 11) is 0. The van der Waals surface area contributed by atoms with Gasteiger partial charge in [-0.15, -0.1) is 0 Å². The fourth-order valence-electron chi connectivity index (χ4n) is 3.81. The second kappa shape index (κ2) is 12.2. The van der Waals surface area contributed by atoms with Crippen LogP contribution in [-0.2, 0) is 11.3 Å². The lowest BCUT2D eigenvalue weighted by Crippen LogP contribution is -2.45. The SMILES string of the molecule is CCCC1Oc2ccc(CN3CCC(O)C[C@@H]3CO)cc2NC1=O.CCCCC. The van der Waals surface area contributed by atoms with Gasteiger partial charge in [-0.3, -0.25) is 9.69 Å². The van der Waals surface area contributed by atoms with Crippen molar-refractivity contribution in [1.82, 2.24) is 4.90 Å². The summed E-state index contributed by atoms with van der Waals surface area (Å²) >= 11 is 0. The van der Waals surface area contributed by atoms with Crippen LogP contribution < -0.4 is 10.1 Å². The molecule has 0 aromatic heterocycles. The Morgan fingerprint density at radius 1 is 1.21 bits per heavy atom. The number of anilines is 1. The number of unbranched alkanes of at least 4 members (excludes halogenated alkanes) is 2. The van der Waals surface area contributed by atoms with Gasteiger partial charge in [0.05, 0.1) is 18.4 Å². The number of nitrogens with zero attached hydrogens (tertiary/aromatic N) is 1. The van der Waals surface area contributed by atoms with Crippen molar-refractivity contribution < 1.29 is 19.7 Å². The summed E-state index contributed by atoms with van der Waals surface area (Å²) in [6.45, 7) is 7.93. The number of aliphatic hydroxyl groups excluding tert-OH is 2. The van der Waals surface area contributed by atoms with E-state index < -0.39 is 6.10 Å². The summed E-state index contributed by atoms with van der Waals surface area (Å²) in [6.07, 6.45) is 6.27. The zero-order chi connectivity index (χ0) is 21.2. The lowest BCUT2D eigenvalue weighted by Gasteiger charge is -2.37. The van der Waals surface area contributed by atoms with Crippen LogP contribution in [0.5, 0.6) is 5.75 Å². The molecule has 1 aromatic rings. The van der Waals surface area contributed by atoms with Crippen LogP contribution in [0.1, 0.15) is 71.3 Å². The largest absolute Gasteiger partial charge is 0.478 e. The van der Waals surface area contributed by atoms with Gasteiger partial charge in [0.15, 0.2) is 6.10 Å². The minimum atomic E-state index is -0.407. The summed E-state index contributed by atoms with van der Waals surface area (Å²) in [4.78, 5) is 14.3. The molecule has 164 valence electrons. The zero-order valence-electron chi connectivity index (χ0n) is 18.2. The highest BCUT2D eigenvalue weighted by atomic mass is 16.5. The maximum absolute atomic E-state index is 12.1. The Labute approximate surface area is 175 Å². The third-order valence-electron chi connectivity index (χ3n) is 5.53. The Kier molecular flexibility index (Phi) is 9.91. The molecule has 2 heterocycles. The molecule has 3 atom stereocenters. The maximum Gasteiger partial charge on any atom is 0.265 e. The molecule has 1 saturated heterocycles. The number of aliphatic hydroxyl groups is 2. The van der Waals surface area contributed by atoms with E-state index >= 15 is 0 Å². The lowest BCUT2D eigenvalue weighted by atomic mass is 9.99. The number of fused-ring (bicyclic) bond motifs is 1. The minimum absolute atomic E-state index is 0.0236. The number of benzene rings is 1. The average molecular weight is 407 g/mol. The normalized spacial score (nSPS) is 24.0. The van der Waals surface area contributed by atoms with Crippen molar-refractivity contribution in [3.63, 3.8) is 0 Å². The maximum atomic E-state index is 12.1. The number of hydrogen-bond acceptors (Lipinski definition) is 5. The first-order chi connectivity index (χ1) is 14.0. The number of rotatable bonds is 7. The summed E-state index contributed by atoms with van der Waals surface area (Å²) in [5, 5.41) is 22.2. The van der Waals surface area contributed by atoms with Crippen molar-refractivity contribution in [3.8, 4) is 5.75 Å². The van der Waals surface area contributed by atoms with Crippen LogP contribution in [0, 0.1) is 0 Å². The van der Waals surface area contributed by atoms with Gasteiger partial charge in [-0.05, 0) is 37.0 Å². The third kappa shape index (κ3) is 6.98. The van der Waals surface area contributed by atoms with E-state index in [0.29, 0.717) is 30.8 Å². The van der Waals surface area contributed by atoms with Crippen molar-refractivity contribution in [1.29, 1.82) is 0 Å². The zero-order valence-corrected chi connectivity index (χ0v) is 18.2. The van der Waals surface area contributed by atoms with Crippen molar-refractivity contribution >= 4 is 11.6 Å². The monoisotopic (exact) mass is 406 g/mol. The van der Waals surface area contributed by atoms with Gasteiger partial charge < -0.3 is 20.3 Å². The van der Waals surface area contributed by atoms with Gasteiger partial charge in [-0.2, -0.15) is 0 Å². The van der Waals surface area contributed by atoms with Crippen LogP contribution in [0.4, 0.5) is 5.69 Å². The summed E-state index contributed by atoms with van der Waals surface area (Å²) in [5.74, 6) is 0.625. The number of ether oxygens (including phenoxy) is 1. The average Bonchev–Trinajstić information content (AvgIpc) is 2.71. The molecule has 1 aromatic carbocycles. The van der Waals surface area contributed by atoms with Crippen molar-refractivity contribution in [2.75, 3.05) is 18.5 Å². The number of likely N-dealkylation sites (tertiary alicyclic amines) is 1. The van der Waals surface area contributed by atoms with E-state index in [0.717, 1.165) is 24.9 Å². The Morgan fingerprint density at radius 3 is 2.59 bits per heavy atom. The molecule has 0 bridgehead atoms. The molecule has 0 radical (unpaired) electrons. The van der Waals surface area contributed by atoms with Crippen LogP contribution in [0.2, 0.25) is 0 Å². The minimum Gasteiger partial charge on any atom is -0.478 e. The number of carbonyl (C=O) groups is 1. The van der Waals surface area contributed by atoms with Crippen molar-refractivity contribution in [2.24, 2.45) is 0 Å². The highest BCUT2D eigenvalue weighted by Crippen LogP contribution is 2.32. The number of carbonyl (C=O) groups excluding carboxylic acids is 1. The smallest absolute Gasteiger partial charge is 0.265 e. The molecule has 2 unspecified atom stereocenters. The fourth-order valence-corrected chi connectivity index (χ4v) is 3.81. The first kappa shape index (κ1) is 23.6. The van der Waals surface area contributed by atoms with E-state index in [1.54, 1.807) is 0 Å². The van der Waals surface area contributed by atoms with Gasteiger partial charge >= 0.3 is 0 Å². The highest BCUT2D eigenvalue weighted by Gasteiger charge is 2.29. The first-order valence-corrected chi connectivity index (χ1v) is 11.2. The van der Waals surface area contributed by atoms with Crippen molar-refractivity contribution in [3.05, 3.63) is 23.8 Å². The van der Waals surface area contributed by atoms with E-state index in [1.165, 1.54) is 19.3 Å². The van der Waals surface area contributed by atoms with Crippen molar-refractivity contribution in [2.45, 2.75) is 90.5 Å². The van der Waals surface area contributed by atoms with Gasteiger partial charge in [0.25, 0.3) is 5.91 Å². The second-order valence-electron chi connectivity index (χ2n) is 8.05. The van der Waals surface area contributed by atoms with E-state index in [1.807, 2.05) is 25.1 Å². The number of nitrogens with one attached hydrogen (secondary N) is 1. The molecule has 3 rings (SSSR count). The molecule has 29 heavy (non-hydrogen) atoms.